The number of hydrogen-bond acceptors (Lipinski definition) is 8. The first-order valence-electron chi connectivity index (χ1n) is 10.8. The molecule has 0 aliphatic carbocycles. The molecule has 1 aliphatic rings. The first-order chi connectivity index (χ1) is 16.1. The molecule has 1 amide bonds. The van der Waals surface area contributed by atoms with Gasteiger partial charge < -0.3 is 14.7 Å². The van der Waals surface area contributed by atoms with Crippen molar-refractivity contribution < 1.29 is 33.1 Å². The molecule has 2 aromatic rings. The van der Waals surface area contributed by atoms with Crippen LogP contribution in [0.5, 0.6) is 0 Å². The minimum Gasteiger partial charge on any atom is -0.394 e. The number of ether oxygens (including phenoxy) is 1. The fourth-order valence-electron chi connectivity index (χ4n) is 3.85. The standard InChI is InChI=1S/C24H30N2O7S/c1-24(23(28)25-29,34(3,30)31)14-20-13-22(26-33-20)19-10-8-18(9-11-19)17-6-4-16(5-7-17)12-21(15-27)32-2/h4-11,20-21,27,29H,12-15H2,1-3H3,(H,25,28)/t20-,21-,24-/m1/s1. The lowest BCUT2D eigenvalue weighted by Crippen LogP contribution is -2.51. The van der Waals surface area contributed by atoms with Gasteiger partial charge in [0, 0.05) is 32.6 Å². The number of carbonyl (C=O) groups excluding carboxylic acids is 1. The van der Waals surface area contributed by atoms with Gasteiger partial charge in [0.25, 0.3) is 5.91 Å². The number of aliphatic hydroxyl groups is 1. The van der Waals surface area contributed by atoms with E-state index >= 15 is 0 Å². The number of benzene rings is 2. The molecule has 3 atom stereocenters. The molecule has 10 heteroatoms. The first-order valence-corrected chi connectivity index (χ1v) is 12.7. The van der Waals surface area contributed by atoms with Gasteiger partial charge in [0.1, 0.15) is 6.10 Å². The number of sulfone groups is 1. The molecule has 0 spiro atoms. The van der Waals surface area contributed by atoms with Gasteiger partial charge in [0.05, 0.1) is 18.4 Å². The maximum absolute atomic E-state index is 12.2. The van der Waals surface area contributed by atoms with E-state index in [1.165, 1.54) is 12.4 Å². The molecule has 34 heavy (non-hydrogen) atoms. The summed E-state index contributed by atoms with van der Waals surface area (Å²) in [6.07, 6.45) is 0.934. The third kappa shape index (κ3) is 5.64. The minimum absolute atomic E-state index is 0.0314. The fourth-order valence-corrected chi connectivity index (χ4v) is 4.72. The van der Waals surface area contributed by atoms with Gasteiger partial charge in [-0.05, 0) is 29.2 Å². The Morgan fingerprint density at radius 2 is 1.74 bits per heavy atom. The molecule has 0 fully saturated rings. The normalized spacial score (nSPS) is 18.5. The number of aliphatic hydroxyl groups excluding tert-OH is 1. The van der Waals surface area contributed by atoms with E-state index in [9.17, 15) is 18.3 Å². The zero-order chi connectivity index (χ0) is 24.9. The van der Waals surface area contributed by atoms with Gasteiger partial charge in [-0.3, -0.25) is 10.0 Å². The van der Waals surface area contributed by atoms with Crippen LogP contribution in [0, 0.1) is 0 Å². The Morgan fingerprint density at radius 1 is 1.18 bits per heavy atom. The van der Waals surface area contributed by atoms with E-state index in [2.05, 4.69) is 5.16 Å². The highest BCUT2D eigenvalue weighted by atomic mass is 32.2. The summed E-state index contributed by atoms with van der Waals surface area (Å²) in [5.74, 6) is -1.00. The molecule has 0 unspecified atom stereocenters. The molecular formula is C24H30N2O7S. The van der Waals surface area contributed by atoms with Crippen LogP contribution in [0.1, 0.15) is 30.9 Å². The number of nitrogens with zero attached hydrogens (tertiary/aromatic N) is 1. The van der Waals surface area contributed by atoms with Gasteiger partial charge in [-0.1, -0.05) is 53.7 Å². The summed E-state index contributed by atoms with van der Waals surface area (Å²) in [6, 6.07) is 15.8. The average Bonchev–Trinajstić information content (AvgIpc) is 3.30. The van der Waals surface area contributed by atoms with Gasteiger partial charge >= 0.3 is 0 Å². The number of hydroxylamine groups is 1. The minimum atomic E-state index is -3.82. The largest absolute Gasteiger partial charge is 0.394 e. The Bertz CT molecular complexity index is 1130. The summed E-state index contributed by atoms with van der Waals surface area (Å²) in [7, 11) is -2.24. The maximum atomic E-state index is 12.2. The van der Waals surface area contributed by atoms with Gasteiger partial charge in [-0.25, -0.2) is 13.9 Å². The average molecular weight is 491 g/mol. The Labute approximate surface area is 199 Å². The zero-order valence-electron chi connectivity index (χ0n) is 19.4. The van der Waals surface area contributed by atoms with E-state index in [-0.39, 0.29) is 19.1 Å². The molecule has 2 aromatic carbocycles. The summed E-state index contributed by atoms with van der Waals surface area (Å²) in [6.45, 7) is 1.23. The predicted octanol–water partition coefficient (Wildman–Crippen LogP) is 2.10. The highest BCUT2D eigenvalue weighted by Crippen LogP contribution is 2.30. The Balaban J connectivity index is 1.66. The molecule has 0 saturated heterocycles. The van der Waals surface area contributed by atoms with Gasteiger partial charge in [-0.2, -0.15) is 0 Å². The lowest BCUT2D eigenvalue weighted by Gasteiger charge is -2.26. The SMILES string of the molecule is CO[C@@H](CO)Cc1ccc(-c2ccc(C3=NO[C@@H](C[C@](C)(C(=O)NO)S(C)(=O)=O)C3)cc2)cc1. The van der Waals surface area contributed by atoms with Gasteiger partial charge in [-0.15, -0.1) is 0 Å². The molecule has 9 nitrogen and oxygen atoms in total. The smallest absolute Gasteiger partial charge is 0.264 e. The van der Waals surface area contributed by atoms with Crippen LogP contribution in [0.15, 0.2) is 53.7 Å². The molecule has 3 N–H and O–H groups in total. The third-order valence-electron chi connectivity index (χ3n) is 6.26. The van der Waals surface area contributed by atoms with Crippen molar-refractivity contribution >= 4 is 21.5 Å². The van der Waals surface area contributed by atoms with E-state index in [0.29, 0.717) is 18.6 Å². The van der Waals surface area contributed by atoms with Crippen molar-refractivity contribution in [2.24, 2.45) is 5.16 Å². The Kier molecular flexibility index (Phi) is 8.09. The lowest BCUT2D eigenvalue weighted by atomic mass is 9.95. The van der Waals surface area contributed by atoms with Crippen LogP contribution in [-0.4, -0.2) is 67.3 Å². The second kappa shape index (κ2) is 10.6. The molecule has 1 heterocycles. The van der Waals surface area contributed by atoms with Crippen LogP contribution in [-0.2, 0) is 30.6 Å². The van der Waals surface area contributed by atoms with Crippen LogP contribution in [0.2, 0.25) is 0 Å². The molecular weight excluding hydrogens is 460 g/mol. The van der Waals surface area contributed by atoms with E-state index in [1.54, 1.807) is 7.11 Å². The number of oxime groups is 1. The zero-order valence-corrected chi connectivity index (χ0v) is 20.2. The Hall–Kier alpha value is -2.79. The van der Waals surface area contributed by atoms with Crippen molar-refractivity contribution in [2.45, 2.75) is 43.1 Å². The first kappa shape index (κ1) is 25.8. The summed E-state index contributed by atoms with van der Waals surface area (Å²) < 4.78 is 27.8. The van der Waals surface area contributed by atoms with Crippen LogP contribution >= 0.6 is 0 Å². The molecule has 3 rings (SSSR count). The number of carbonyl (C=O) groups is 1. The second-order valence-electron chi connectivity index (χ2n) is 8.64. The summed E-state index contributed by atoms with van der Waals surface area (Å²) in [4.78, 5) is 17.5. The van der Waals surface area contributed by atoms with Crippen LogP contribution in [0.4, 0.5) is 0 Å². The molecule has 0 aromatic heterocycles. The number of hydrogen-bond donors (Lipinski definition) is 3. The topological polar surface area (TPSA) is 135 Å². The monoisotopic (exact) mass is 490 g/mol. The number of methoxy groups -OCH3 is 1. The fraction of sp³-hybridized carbons (Fsp3) is 0.417. The van der Waals surface area contributed by atoms with Crippen molar-refractivity contribution in [1.29, 1.82) is 0 Å². The highest BCUT2D eigenvalue weighted by Gasteiger charge is 2.47. The van der Waals surface area contributed by atoms with E-state index in [4.69, 9.17) is 14.8 Å². The summed E-state index contributed by atoms with van der Waals surface area (Å²) in [5.41, 5.74) is 6.05. The quantitative estimate of drug-likeness (QED) is 0.343. The number of amides is 1. The predicted molar refractivity (Wildman–Crippen MR) is 127 cm³/mol. The summed E-state index contributed by atoms with van der Waals surface area (Å²) >= 11 is 0. The number of nitrogens with one attached hydrogen (secondary N) is 1. The van der Waals surface area contributed by atoms with Crippen molar-refractivity contribution in [1.82, 2.24) is 5.48 Å². The van der Waals surface area contributed by atoms with E-state index < -0.39 is 26.6 Å². The van der Waals surface area contributed by atoms with Gasteiger partial charge in [0.2, 0.25) is 0 Å². The van der Waals surface area contributed by atoms with E-state index in [1.807, 2.05) is 48.5 Å². The molecule has 1 aliphatic heterocycles. The summed E-state index contributed by atoms with van der Waals surface area (Å²) in [5, 5.41) is 22.4. The van der Waals surface area contributed by atoms with Crippen LogP contribution in [0.3, 0.4) is 0 Å². The van der Waals surface area contributed by atoms with Crippen molar-refractivity contribution in [2.75, 3.05) is 20.0 Å². The molecule has 0 bridgehead atoms. The van der Waals surface area contributed by atoms with E-state index in [0.717, 1.165) is 28.5 Å². The van der Waals surface area contributed by atoms with Gasteiger partial charge in [0.15, 0.2) is 14.6 Å². The number of rotatable bonds is 10. The lowest BCUT2D eigenvalue weighted by molar-refractivity contribution is -0.132. The van der Waals surface area contributed by atoms with Crippen molar-refractivity contribution in [3.8, 4) is 11.1 Å². The maximum Gasteiger partial charge on any atom is 0.264 e. The second-order valence-corrected chi connectivity index (χ2v) is 11.1. The van der Waals surface area contributed by atoms with Crippen LogP contribution in [0.25, 0.3) is 11.1 Å². The molecule has 0 radical (unpaired) electrons. The highest BCUT2D eigenvalue weighted by molar-refractivity contribution is 7.92. The van der Waals surface area contributed by atoms with Crippen molar-refractivity contribution in [3.63, 3.8) is 0 Å². The van der Waals surface area contributed by atoms with Crippen LogP contribution < -0.4 is 5.48 Å². The molecule has 184 valence electrons. The van der Waals surface area contributed by atoms with Crippen molar-refractivity contribution in [3.05, 3.63) is 59.7 Å². The third-order valence-corrected chi connectivity index (χ3v) is 8.24. The Morgan fingerprint density at radius 3 is 2.24 bits per heavy atom. The molecule has 0 saturated carbocycles.